The van der Waals surface area contributed by atoms with Gasteiger partial charge in [0.1, 0.15) is 11.3 Å². The van der Waals surface area contributed by atoms with Crippen molar-refractivity contribution < 1.29 is 18.7 Å². The van der Waals surface area contributed by atoms with E-state index in [-0.39, 0.29) is 23.0 Å². The molecule has 0 atom stereocenters. The van der Waals surface area contributed by atoms with E-state index in [0.717, 1.165) is 10.2 Å². The molecule has 0 aliphatic rings. The van der Waals surface area contributed by atoms with Gasteiger partial charge in [0.2, 0.25) is 0 Å². The van der Waals surface area contributed by atoms with Crippen molar-refractivity contribution in [1.29, 1.82) is 0 Å². The van der Waals surface area contributed by atoms with Gasteiger partial charge in [-0.1, -0.05) is 23.5 Å². The standard InChI is InChI=1S/C24H18N2O5S/c1-12-20(27)13(2)23(29)31-21(12)18-11-15-10-14(8-9-17(15)30-18)22(28)26(3)24-25-16-6-4-5-7-19(16)32-24/h4-11,27H,1-3H3. The summed E-state index contributed by atoms with van der Waals surface area (Å²) in [5, 5.41) is 11.5. The Morgan fingerprint density at radius 1 is 1.06 bits per heavy atom. The fourth-order valence-electron chi connectivity index (χ4n) is 3.54. The highest BCUT2D eigenvalue weighted by atomic mass is 32.1. The maximum absolute atomic E-state index is 13.1. The third kappa shape index (κ3) is 3.16. The van der Waals surface area contributed by atoms with Gasteiger partial charge in [0.05, 0.1) is 15.8 Å². The van der Waals surface area contributed by atoms with Crippen molar-refractivity contribution in [2.24, 2.45) is 0 Å². The highest BCUT2D eigenvalue weighted by Gasteiger charge is 2.21. The number of para-hydroxylation sites is 1. The Kier molecular flexibility index (Phi) is 4.60. The molecule has 160 valence electrons. The fraction of sp³-hybridized carbons (Fsp3) is 0.125. The monoisotopic (exact) mass is 446 g/mol. The summed E-state index contributed by atoms with van der Waals surface area (Å²) < 4.78 is 12.2. The molecule has 3 aromatic heterocycles. The summed E-state index contributed by atoms with van der Waals surface area (Å²) in [6.45, 7) is 3.14. The molecule has 0 radical (unpaired) electrons. The summed E-state index contributed by atoms with van der Waals surface area (Å²) in [6, 6.07) is 14.5. The van der Waals surface area contributed by atoms with Gasteiger partial charge in [-0.05, 0) is 50.2 Å². The molecule has 2 aromatic carbocycles. The van der Waals surface area contributed by atoms with E-state index in [2.05, 4.69) is 4.98 Å². The van der Waals surface area contributed by atoms with Gasteiger partial charge in [-0.25, -0.2) is 9.78 Å². The van der Waals surface area contributed by atoms with Crippen LogP contribution in [0.3, 0.4) is 0 Å². The average Bonchev–Trinajstić information content (AvgIpc) is 3.42. The number of aromatic nitrogens is 1. The number of anilines is 1. The molecule has 32 heavy (non-hydrogen) atoms. The molecule has 0 aliphatic carbocycles. The Bertz CT molecular complexity index is 1540. The minimum atomic E-state index is -0.628. The number of nitrogens with zero attached hydrogens (tertiary/aromatic N) is 2. The normalized spacial score (nSPS) is 11.3. The minimum Gasteiger partial charge on any atom is -0.507 e. The quantitative estimate of drug-likeness (QED) is 0.406. The number of aromatic hydroxyl groups is 1. The molecule has 1 amide bonds. The first-order valence-electron chi connectivity index (χ1n) is 9.84. The summed E-state index contributed by atoms with van der Waals surface area (Å²) in [4.78, 5) is 31.1. The fourth-order valence-corrected chi connectivity index (χ4v) is 4.46. The van der Waals surface area contributed by atoms with E-state index in [0.29, 0.717) is 33.0 Å². The van der Waals surface area contributed by atoms with Crippen LogP contribution in [-0.2, 0) is 0 Å². The molecule has 5 aromatic rings. The van der Waals surface area contributed by atoms with E-state index in [1.807, 2.05) is 24.3 Å². The number of thiazole rings is 1. The summed E-state index contributed by atoms with van der Waals surface area (Å²) in [6.07, 6.45) is 0. The number of hydrogen-bond acceptors (Lipinski definition) is 7. The van der Waals surface area contributed by atoms with E-state index in [1.165, 1.54) is 23.2 Å². The SMILES string of the molecule is Cc1c(-c2cc3cc(C(=O)N(C)c4nc5ccccc5s4)ccc3o2)oc(=O)c(C)c1O. The van der Waals surface area contributed by atoms with Gasteiger partial charge < -0.3 is 13.9 Å². The summed E-state index contributed by atoms with van der Waals surface area (Å²) in [5.41, 5.74) is 1.77. The predicted molar refractivity (Wildman–Crippen MR) is 124 cm³/mol. The topological polar surface area (TPSA) is 96.8 Å². The molecule has 0 unspecified atom stereocenters. The van der Waals surface area contributed by atoms with Crippen LogP contribution in [0.1, 0.15) is 21.5 Å². The van der Waals surface area contributed by atoms with Crippen molar-refractivity contribution in [2.75, 3.05) is 11.9 Å². The lowest BCUT2D eigenvalue weighted by Crippen LogP contribution is -2.25. The van der Waals surface area contributed by atoms with Crippen LogP contribution >= 0.6 is 11.3 Å². The number of fused-ring (bicyclic) bond motifs is 2. The first kappa shape index (κ1) is 20.0. The van der Waals surface area contributed by atoms with Crippen LogP contribution in [0, 0.1) is 13.8 Å². The second-order valence-corrected chi connectivity index (χ2v) is 8.52. The molecule has 5 rings (SSSR count). The van der Waals surface area contributed by atoms with Gasteiger partial charge in [0.25, 0.3) is 5.91 Å². The van der Waals surface area contributed by atoms with Crippen LogP contribution in [-0.4, -0.2) is 23.0 Å². The zero-order valence-corrected chi connectivity index (χ0v) is 18.3. The van der Waals surface area contributed by atoms with Gasteiger partial charge in [-0.2, -0.15) is 0 Å². The third-order valence-electron chi connectivity index (χ3n) is 5.41. The summed E-state index contributed by atoms with van der Waals surface area (Å²) >= 11 is 1.45. The molecular formula is C24H18N2O5S. The lowest BCUT2D eigenvalue weighted by atomic mass is 10.1. The second kappa shape index (κ2) is 7.35. The Labute approximate surface area is 186 Å². The van der Waals surface area contributed by atoms with Crippen LogP contribution in [0.2, 0.25) is 0 Å². The number of carbonyl (C=O) groups excluding carboxylic acids is 1. The van der Waals surface area contributed by atoms with E-state index in [9.17, 15) is 14.7 Å². The Morgan fingerprint density at radius 2 is 1.84 bits per heavy atom. The third-order valence-corrected chi connectivity index (χ3v) is 6.53. The lowest BCUT2D eigenvalue weighted by Gasteiger charge is -2.13. The van der Waals surface area contributed by atoms with Gasteiger partial charge in [0.15, 0.2) is 16.7 Å². The molecule has 7 nitrogen and oxygen atoms in total. The van der Waals surface area contributed by atoms with Gasteiger partial charge in [-0.3, -0.25) is 9.69 Å². The van der Waals surface area contributed by atoms with Crippen molar-refractivity contribution in [3.63, 3.8) is 0 Å². The predicted octanol–water partition coefficient (Wildman–Crippen LogP) is 5.26. The van der Waals surface area contributed by atoms with E-state index in [4.69, 9.17) is 8.83 Å². The minimum absolute atomic E-state index is 0.120. The number of amides is 1. The highest BCUT2D eigenvalue weighted by molar-refractivity contribution is 7.22. The first-order chi connectivity index (χ1) is 15.3. The maximum atomic E-state index is 13.1. The lowest BCUT2D eigenvalue weighted by molar-refractivity contribution is 0.0993. The number of rotatable bonds is 3. The first-order valence-corrected chi connectivity index (χ1v) is 10.7. The molecule has 1 N–H and O–H groups in total. The van der Waals surface area contributed by atoms with Crippen molar-refractivity contribution in [3.8, 4) is 17.3 Å². The smallest absolute Gasteiger partial charge is 0.343 e. The van der Waals surface area contributed by atoms with Gasteiger partial charge in [0, 0.05) is 23.6 Å². The number of furan rings is 1. The van der Waals surface area contributed by atoms with Crippen molar-refractivity contribution in [3.05, 3.63) is 75.6 Å². The Hall–Kier alpha value is -3.91. The highest BCUT2D eigenvalue weighted by Crippen LogP contribution is 2.34. The Morgan fingerprint density at radius 3 is 2.62 bits per heavy atom. The molecule has 0 saturated heterocycles. The zero-order valence-electron chi connectivity index (χ0n) is 17.5. The molecular weight excluding hydrogens is 428 g/mol. The Balaban J connectivity index is 1.51. The van der Waals surface area contributed by atoms with Crippen molar-refractivity contribution in [1.82, 2.24) is 4.98 Å². The zero-order chi connectivity index (χ0) is 22.6. The second-order valence-electron chi connectivity index (χ2n) is 7.51. The largest absolute Gasteiger partial charge is 0.507 e. The van der Waals surface area contributed by atoms with Crippen LogP contribution in [0.4, 0.5) is 5.13 Å². The molecule has 0 spiro atoms. The van der Waals surface area contributed by atoms with E-state index >= 15 is 0 Å². The summed E-state index contributed by atoms with van der Waals surface area (Å²) in [7, 11) is 1.69. The average molecular weight is 446 g/mol. The molecule has 0 fully saturated rings. The van der Waals surface area contributed by atoms with Crippen LogP contribution in [0.25, 0.3) is 32.7 Å². The van der Waals surface area contributed by atoms with Crippen LogP contribution in [0.5, 0.6) is 5.75 Å². The van der Waals surface area contributed by atoms with Crippen LogP contribution in [0.15, 0.2) is 62.2 Å². The molecule has 3 heterocycles. The van der Waals surface area contributed by atoms with Crippen LogP contribution < -0.4 is 10.5 Å². The number of hydrogen-bond donors (Lipinski definition) is 1. The number of benzene rings is 2. The van der Waals surface area contributed by atoms with Gasteiger partial charge >= 0.3 is 5.63 Å². The molecule has 0 saturated carbocycles. The molecule has 8 heteroatoms. The number of carbonyl (C=O) groups is 1. The van der Waals surface area contributed by atoms with Crippen molar-refractivity contribution in [2.45, 2.75) is 13.8 Å². The van der Waals surface area contributed by atoms with E-state index in [1.54, 1.807) is 38.2 Å². The van der Waals surface area contributed by atoms with Gasteiger partial charge in [-0.15, -0.1) is 0 Å². The van der Waals surface area contributed by atoms with Crippen molar-refractivity contribution >= 4 is 43.6 Å². The van der Waals surface area contributed by atoms with E-state index < -0.39 is 5.63 Å². The molecule has 0 aliphatic heterocycles. The maximum Gasteiger partial charge on any atom is 0.343 e. The molecule has 0 bridgehead atoms. The summed E-state index contributed by atoms with van der Waals surface area (Å²) in [5.74, 6) is 0.136.